The van der Waals surface area contributed by atoms with Gasteiger partial charge in [0.1, 0.15) is 6.42 Å². The number of carbonyl (C=O) groups is 2. The molecule has 0 heterocycles. The minimum absolute atomic E-state index is 0.0616. The van der Waals surface area contributed by atoms with Crippen LogP contribution in [-0.4, -0.2) is 17.9 Å². The molecule has 1 aliphatic rings. The first-order chi connectivity index (χ1) is 10.9. The molecular formula is C16H19F3N2O2. The highest BCUT2D eigenvalue weighted by Crippen LogP contribution is 2.34. The lowest BCUT2D eigenvalue weighted by Gasteiger charge is -2.22. The van der Waals surface area contributed by atoms with E-state index in [1.165, 1.54) is 18.2 Å². The zero-order valence-corrected chi connectivity index (χ0v) is 12.6. The summed E-state index contributed by atoms with van der Waals surface area (Å²) in [7, 11) is 0. The quantitative estimate of drug-likeness (QED) is 0.831. The first kappa shape index (κ1) is 17.3. The molecule has 4 nitrogen and oxygen atoms in total. The maximum Gasteiger partial charge on any atom is 0.418 e. The Labute approximate surface area is 132 Å². The summed E-state index contributed by atoms with van der Waals surface area (Å²) in [6.45, 7) is 0. The van der Waals surface area contributed by atoms with E-state index in [9.17, 15) is 22.8 Å². The Balaban J connectivity index is 1.91. The Hall–Kier alpha value is -2.05. The second-order valence-electron chi connectivity index (χ2n) is 5.67. The molecular weight excluding hydrogens is 309 g/mol. The minimum Gasteiger partial charge on any atom is -0.353 e. The molecule has 1 aromatic carbocycles. The largest absolute Gasteiger partial charge is 0.418 e. The van der Waals surface area contributed by atoms with Crippen molar-refractivity contribution in [3.63, 3.8) is 0 Å². The van der Waals surface area contributed by atoms with Gasteiger partial charge in [-0.25, -0.2) is 0 Å². The van der Waals surface area contributed by atoms with Crippen LogP contribution in [0, 0.1) is 0 Å². The molecule has 23 heavy (non-hydrogen) atoms. The Morgan fingerprint density at radius 1 is 1.04 bits per heavy atom. The third-order valence-electron chi connectivity index (χ3n) is 3.80. The zero-order chi connectivity index (χ0) is 16.9. The number of para-hydroxylation sites is 1. The topological polar surface area (TPSA) is 58.2 Å². The fraction of sp³-hybridized carbons (Fsp3) is 0.500. The summed E-state index contributed by atoms with van der Waals surface area (Å²) < 4.78 is 38.5. The van der Waals surface area contributed by atoms with Crippen LogP contribution in [0.2, 0.25) is 0 Å². The molecule has 1 fully saturated rings. The van der Waals surface area contributed by atoms with Crippen LogP contribution in [0.4, 0.5) is 18.9 Å². The molecule has 0 aliphatic heterocycles. The van der Waals surface area contributed by atoms with E-state index >= 15 is 0 Å². The highest BCUT2D eigenvalue weighted by Gasteiger charge is 2.33. The minimum atomic E-state index is -4.56. The molecule has 0 aromatic heterocycles. The number of rotatable bonds is 4. The number of anilines is 1. The van der Waals surface area contributed by atoms with Gasteiger partial charge in [-0.3, -0.25) is 9.59 Å². The maximum absolute atomic E-state index is 12.8. The molecule has 1 aromatic rings. The van der Waals surface area contributed by atoms with Crippen molar-refractivity contribution in [2.24, 2.45) is 0 Å². The molecule has 0 saturated heterocycles. The number of nitrogens with one attached hydrogen (secondary N) is 2. The Kier molecular flexibility index (Phi) is 5.63. The van der Waals surface area contributed by atoms with Crippen LogP contribution in [0.25, 0.3) is 0 Å². The average molecular weight is 328 g/mol. The van der Waals surface area contributed by atoms with E-state index in [2.05, 4.69) is 10.6 Å². The maximum atomic E-state index is 12.8. The zero-order valence-electron chi connectivity index (χ0n) is 12.6. The van der Waals surface area contributed by atoms with Gasteiger partial charge >= 0.3 is 6.18 Å². The number of carbonyl (C=O) groups excluding carboxylic acids is 2. The molecule has 1 aliphatic carbocycles. The van der Waals surface area contributed by atoms with Gasteiger partial charge in [0.15, 0.2) is 0 Å². The van der Waals surface area contributed by atoms with Crippen molar-refractivity contribution in [2.75, 3.05) is 5.32 Å². The number of hydrogen-bond donors (Lipinski definition) is 2. The first-order valence-corrected chi connectivity index (χ1v) is 7.61. The van der Waals surface area contributed by atoms with Crippen molar-refractivity contribution in [1.82, 2.24) is 5.32 Å². The van der Waals surface area contributed by atoms with Gasteiger partial charge in [-0.15, -0.1) is 0 Å². The lowest BCUT2D eigenvalue weighted by atomic mass is 9.95. The van der Waals surface area contributed by atoms with Gasteiger partial charge in [-0.2, -0.15) is 13.2 Å². The molecule has 0 bridgehead atoms. The van der Waals surface area contributed by atoms with Gasteiger partial charge in [-0.1, -0.05) is 31.4 Å². The van der Waals surface area contributed by atoms with Crippen LogP contribution in [0.1, 0.15) is 44.1 Å². The lowest BCUT2D eigenvalue weighted by molar-refractivity contribution is -0.137. The molecule has 0 unspecified atom stereocenters. The summed E-state index contributed by atoms with van der Waals surface area (Å²) in [5, 5.41) is 4.92. The summed E-state index contributed by atoms with van der Waals surface area (Å²) in [6.07, 6.45) is -0.0707. The summed E-state index contributed by atoms with van der Waals surface area (Å²) in [5.41, 5.74) is -1.27. The number of amides is 2. The van der Waals surface area contributed by atoms with Crippen molar-refractivity contribution in [2.45, 2.75) is 50.7 Å². The Morgan fingerprint density at radius 2 is 1.70 bits per heavy atom. The SMILES string of the molecule is O=C(CC(=O)NC1CCCCC1)Nc1ccccc1C(F)(F)F. The van der Waals surface area contributed by atoms with E-state index in [4.69, 9.17) is 0 Å². The standard InChI is InChI=1S/C16H19F3N2O2/c17-16(18,19)12-8-4-5-9-13(12)21-15(23)10-14(22)20-11-6-2-1-3-7-11/h4-5,8-9,11H,1-3,6-7,10H2,(H,20,22)(H,21,23). The van der Waals surface area contributed by atoms with E-state index < -0.39 is 30.0 Å². The van der Waals surface area contributed by atoms with Crippen LogP contribution in [0.3, 0.4) is 0 Å². The highest BCUT2D eigenvalue weighted by molar-refractivity contribution is 6.03. The van der Waals surface area contributed by atoms with Gasteiger partial charge in [0.05, 0.1) is 11.3 Å². The van der Waals surface area contributed by atoms with Gasteiger partial charge < -0.3 is 10.6 Å². The molecule has 1 saturated carbocycles. The van der Waals surface area contributed by atoms with Gasteiger partial charge in [-0.05, 0) is 25.0 Å². The second kappa shape index (κ2) is 7.48. The highest BCUT2D eigenvalue weighted by atomic mass is 19.4. The van der Waals surface area contributed by atoms with Gasteiger partial charge in [0.25, 0.3) is 0 Å². The van der Waals surface area contributed by atoms with Crippen LogP contribution >= 0.6 is 0 Å². The summed E-state index contributed by atoms with van der Waals surface area (Å²) in [6, 6.07) is 4.75. The van der Waals surface area contributed by atoms with Crippen LogP contribution in [-0.2, 0) is 15.8 Å². The monoisotopic (exact) mass is 328 g/mol. The van der Waals surface area contributed by atoms with Crippen molar-refractivity contribution < 1.29 is 22.8 Å². The van der Waals surface area contributed by atoms with Crippen LogP contribution < -0.4 is 10.6 Å². The van der Waals surface area contributed by atoms with Gasteiger partial charge in [0.2, 0.25) is 11.8 Å². The summed E-state index contributed by atoms with van der Waals surface area (Å²) in [4.78, 5) is 23.6. The van der Waals surface area contributed by atoms with Crippen molar-refractivity contribution >= 4 is 17.5 Å². The summed E-state index contributed by atoms with van der Waals surface area (Å²) in [5.74, 6) is -1.21. The van der Waals surface area contributed by atoms with E-state index in [0.29, 0.717) is 0 Å². The van der Waals surface area contributed by atoms with Crippen LogP contribution in [0.5, 0.6) is 0 Å². The number of hydrogen-bond acceptors (Lipinski definition) is 2. The lowest BCUT2D eigenvalue weighted by Crippen LogP contribution is -2.38. The molecule has 2 amide bonds. The van der Waals surface area contributed by atoms with Gasteiger partial charge in [0, 0.05) is 6.04 Å². The van der Waals surface area contributed by atoms with E-state index in [1.54, 1.807) is 0 Å². The molecule has 2 rings (SSSR count). The fourth-order valence-electron chi connectivity index (χ4n) is 2.71. The molecule has 0 spiro atoms. The van der Waals surface area contributed by atoms with Crippen molar-refractivity contribution in [1.29, 1.82) is 0 Å². The number of halogens is 3. The third-order valence-corrected chi connectivity index (χ3v) is 3.80. The molecule has 126 valence electrons. The Bertz CT molecular complexity index is 567. The molecule has 2 N–H and O–H groups in total. The number of benzene rings is 1. The predicted octanol–water partition coefficient (Wildman–Crippen LogP) is 3.48. The third kappa shape index (κ3) is 5.26. The molecule has 0 atom stereocenters. The normalized spacial score (nSPS) is 16.0. The van der Waals surface area contributed by atoms with Crippen LogP contribution in [0.15, 0.2) is 24.3 Å². The van der Waals surface area contributed by atoms with E-state index in [0.717, 1.165) is 38.2 Å². The fourth-order valence-corrected chi connectivity index (χ4v) is 2.71. The summed E-state index contributed by atoms with van der Waals surface area (Å²) >= 11 is 0. The number of alkyl halides is 3. The molecule has 0 radical (unpaired) electrons. The van der Waals surface area contributed by atoms with Crippen molar-refractivity contribution in [3.8, 4) is 0 Å². The molecule has 7 heteroatoms. The van der Waals surface area contributed by atoms with Crippen molar-refractivity contribution in [3.05, 3.63) is 29.8 Å². The average Bonchev–Trinajstić information content (AvgIpc) is 2.47. The van der Waals surface area contributed by atoms with E-state index in [1.807, 2.05) is 0 Å². The predicted molar refractivity (Wildman–Crippen MR) is 79.7 cm³/mol. The Morgan fingerprint density at radius 3 is 2.35 bits per heavy atom. The smallest absolute Gasteiger partial charge is 0.353 e. The van der Waals surface area contributed by atoms with E-state index in [-0.39, 0.29) is 11.7 Å². The second-order valence-corrected chi connectivity index (χ2v) is 5.67. The first-order valence-electron chi connectivity index (χ1n) is 7.61.